The molecule has 0 unspecified atom stereocenters. The van der Waals surface area contributed by atoms with Crippen molar-refractivity contribution in [1.82, 2.24) is 0 Å². The summed E-state index contributed by atoms with van der Waals surface area (Å²) in [4.78, 5) is 0. The number of rotatable bonds is 5. The Hall–Kier alpha value is -3.43. The van der Waals surface area contributed by atoms with Crippen molar-refractivity contribution in [2.75, 3.05) is 0 Å². The van der Waals surface area contributed by atoms with Gasteiger partial charge < -0.3 is 24.8 Å². The van der Waals surface area contributed by atoms with Gasteiger partial charge in [-0.2, -0.15) is 18.2 Å². The molecule has 1 aliphatic carbocycles. The Balaban J connectivity index is 0.000000367. The van der Waals surface area contributed by atoms with Crippen molar-refractivity contribution in [3.05, 3.63) is 172 Å². The molecule has 6 aromatic carbocycles. The van der Waals surface area contributed by atoms with Gasteiger partial charge in [-0.15, -0.1) is 28.8 Å². The van der Waals surface area contributed by atoms with Crippen LogP contribution in [-0.2, 0) is 60.5 Å². The smallest absolute Gasteiger partial charge is 0.172 e. The van der Waals surface area contributed by atoms with Gasteiger partial charge in [-0.25, -0.2) is 12.1 Å². The Kier molecular flexibility index (Phi) is 16.6. The summed E-state index contributed by atoms with van der Waals surface area (Å²) in [5.41, 5.74) is 16.9. The van der Waals surface area contributed by atoms with E-state index in [4.69, 9.17) is 0 Å². The third-order valence-corrected chi connectivity index (χ3v) is 10.8. The summed E-state index contributed by atoms with van der Waals surface area (Å²) in [6.07, 6.45) is -1.21. The summed E-state index contributed by atoms with van der Waals surface area (Å²) in [7, 11) is 0. The largest absolute Gasteiger partial charge is 1.00 e. The zero-order valence-electron chi connectivity index (χ0n) is 33.6. The van der Waals surface area contributed by atoms with E-state index in [2.05, 4.69) is 128 Å². The van der Waals surface area contributed by atoms with Gasteiger partial charge in [-0.3, -0.25) is 0 Å². The molecular weight excluding hydrogens is 820 g/mol. The maximum Gasteiger partial charge on any atom is -0.172 e. The topological polar surface area (TPSA) is 0 Å². The Labute approximate surface area is 360 Å². The van der Waals surface area contributed by atoms with Crippen LogP contribution < -0.4 is 24.8 Å². The normalized spacial score (nSPS) is 11.7. The van der Waals surface area contributed by atoms with E-state index in [0.29, 0.717) is 0 Å². The van der Waals surface area contributed by atoms with Gasteiger partial charge in [0, 0.05) is 0 Å². The molecular formula is C50H51Cl2F3Zr-2. The molecule has 292 valence electrons. The second kappa shape index (κ2) is 19.8. The molecule has 0 N–H and O–H groups in total. The molecule has 0 spiro atoms. The van der Waals surface area contributed by atoms with Crippen LogP contribution in [0.1, 0.15) is 99.9 Å². The molecule has 6 heteroatoms. The fourth-order valence-electron chi connectivity index (χ4n) is 7.10. The second-order valence-corrected chi connectivity index (χ2v) is 16.6. The van der Waals surface area contributed by atoms with E-state index in [1.165, 1.54) is 103 Å². The Morgan fingerprint density at radius 3 is 1.62 bits per heavy atom. The summed E-state index contributed by atoms with van der Waals surface area (Å²) >= 11 is 1.18. The molecule has 6 aromatic rings. The minimum atomic E-state index is -4.22. The number of alkyl halides is 3. The first-order valence-corrected chi connectivity index (χ1v) is 20.3. The molecule has 0 aliphatic heterocycles. The maximum absolute atomic E-state index is 12.0. The Morgan fingerprint density at radius 2 is 1.14 bits per heavy atom. The zero-order chi connectivity index (χ0) is 39.3. The van der Waals surface area contributed by atoms with Crippen LogP contribution in [0.3, 0.4) is 0 Å². The van der Waals surface area contributed by atoms with Crippen LogP contribution in [0.2, 0.25) is 0 Å². The Bertz CT molecular complexity index is 2050. The molecule has 0 heterocycles. The summed E-state index contributed by atoms with van der Waals surface area (Å²) in [6.45, 7) is 18.6. The SMILES string of the molecule is CCc1ccccc1-c1[c-]c2c(cc1C(C)(C)C)-c1cc(C(C)(C)C)c(-c3ccccc3CC)cc1C2.FC(F)(F)c1ccc([CH]=[Zr+2])cc1.[Cl-].[Cl-].c1cc[cH-]c1. The van der Waals surface area contributed by atoms with E-state index >= 15 is 0 Å². The van der Waals surface area contributed by atoms with E-state index in [1.807, 2.05) is 34.0 Å². The molecule has 0 fully saturated rings. The number of hydrogen-bond donors (Lipinski definition) is 0. The van der Waals surface area contributed by atoms with Crippen molar-refractivity contribution < 1.29 is 62.2 Å². The first-order valence-electron chi connectivity index (χ1n) is 18.8. The van der Waals surface area contributed by atoms with Crippen molar-refractivity contribution in [3.8, 4) is 33.4 Å². The standard InChI is InChI=1S/C37H41.C8H5F3.C5H5.2ClH.Zr/c1-9-24-15-11-13-17-28(24)32-20-26-19-27-21-33(29-18-14-12-16-25(29)10-2)35(37(6,7)8)23-31(27)30(26)22-34(32)36(3,4)5;1-6-2-4-7(5-3-6)8(9,10)11;1-2-4-5-3-1;;;/h11-18,20,22-23H,9-10,19H2,1-8H3;1-5H;1-5H;2*1H;/q-1;;-1;;;+2/p-2. The number of halogens is 5. The summed E-state index contributed by atoms with van der Waals surface area (Å²) in [5.74, 6) is 0. The van der Waals surface area contributed by atoms with Gasteiger partial charge >= 0.3 is 82.7 Å². The minimum Gasteiger partial charge on any atom is -1.00 e. The summed E-state index contributed by atoms with van der Waals surface area (Å²) in [6, 6.07) is 44.4. The molecule has 0 radical (unpaired) electrons. The fourth-order valence-corrected chi connectivity index (χ4v) is 7.57. The van der Waals surface area contributed by atoms with Gasteiger partial charge in [-0.05, 0) is 57.9 Å². The molecule has 56 heavy (non-hydrogen) atoms. The third kappa shape index (κ3) is 11.2. The molecule has 0 nitrogen and oxygen atoms in total. The van der Waals surface area contributed by atoms with E-state index in [1.54, 1.807) is 0 Å². The van der Waals surface area contributed by atoms with Crippen LogP contribution in [-0.4, -0.2) is 3.71 Å². The monoisotopic (exact) mass is 868 g/mol. The van der Waals surface area contributed by atoms with Crippen molar-refractivity contribution in [2.24, 2.45) is 0 Å². The summed E-state index contributed by atoms with van der Waals surface area (Å²) in [5, 5.41) is 0. The van der Waals surface area contributed by atoms with E-state index in [0.717, 1.165) is 37.0 Å². The van der Waals surface area contributed by atoms with Gasteiger partial charge in [0.15, 0.2) is 0 Å². The van der Waals surface area contributed by atoms with Gasteiger partial charge in [-0.1, -0.05) is 138 Å². The predicted molar refractivity (Wildman–Crippen MR) is 219 cm³/mol. The quantitative estimate of drug-likeness (QED) is 0.154. The predicted octanol–water partition coefficient (Wildman–Crippen LogP) is 7.93. The molecule has 0 saturated carbocycles. The van der Waals surface area contributed by atoms with Gasteiger partial charge in [0.05, 0.1) is 0 Å². The maximum atomic E-state index is 12.0. The third-order valence-electron chi connectivity index (χ3n) is 9.99. The molecule has 0 bridgehead atoms. The van der Waals surface area contributed by atoms with E-state index in [9.17, 15) is 13.2 Å². The van der Waals surface area contributed by atoms with E-state index < -0.39 is 11.7 Å². The van der Waals surface area contributed by atoms with Crippen LogP contribution in [0.25, 0.3) is 33.4 Å². The number of benzene rings is 5. The first kappa shape index (κ1) is 47.0. The van der Waals surface area contributed by atoms with Gasteiger partial charge in [0.1, 0.15) is 0 Å². The fraction of sp³-hybridized carbons (Fsp3) is 0.280. The van der Waals surface area contributed by atoms with E-state index in [-0.39, 0.29) is 35.6 Å². The second-order valence-electron chi connectivity index (χ2n) is 15.9. The number of fused-ring (bicyclic) bond motifs is 3. The number of aryl methyl sites for hydroxylation is 2. The first-order chi connectivity index (χ1) is 25.6. The minimum absolute atomic E-state index is 0. The number of hydrogen-bond acceptors (Lipinski definition) is 0. The van der Waals surface area contributed by atoms with Crippen LogP contribution in [0.4, 0.5) is 13.2 Å². The molecule has 0 saturated heterocycles. The average molecular weight is 871 g/mol. The average Bonchev–Trinajstić information content (AvgIpc) is 3.85. The van der Waals surface area contributed by atoms with Crippen LogP contribution in [0.15, 0.2) is 121 Å². The van der Waals surface area contributed by atoms with Gasteiger partial charge in [0.2, 0.25) is 0 Å². The van der Waals surface area contributed by atoms with Gasteiger partial charge in [0.25, 0.3) is 0 Å². The molecule has 0 atom stereocenters. The Morgan fingerprint density at radius 1 is 0.625 bits per heavy atom. The van der Waals surface area contributed by atoms with Crippen LogP contribution >= 0.6 is 0 Å². The molecule has 1 aliphatic rings. The summed E-state index contributed by atoms with van der Waals surface area (Å²) < 4.78 is 37.9. The van der Waals surface area contributed by atoms with Crippen LogP contribution in [0.5, 0.6) is 0 Å². The molecule has 0 amide bonds. The molecule has 7 rings (SSSR count). The van der Waals surface area contributed by atoms with Crippen molar-refractivity contribution >= 4 is 3.71 Å². The molecule has 0 aromatic heterocycles. The van der Waals surface area contributed by atoms with Crippen molar-refractivity contribution in [1.29, 1.82) is 0 Å². The van der Waals surface area contributed by atoms with Crippen molar-refractivity contribution in [3.63, 3.8) is 0 Å². The van der Waals surface area contributed by atoms with Crippen molar-refractivity contribution in [2.45, 2.75) is 91.7 Å². The van der Waals surface area contributed by atoms with Crippen LogP contribution in [0, 0.1) is 6.07 Å². The zero-order valence-corrected chi connectivity index (χ0v) is 37.6.